The molecule has 0 unspecified atom stereocenters. The number of hydrogen-bond acceptors (Lipinski definition) is 5. The molecular formula is C15H19N3O2. The molecule has 0 amide bonds. The van der Waals surface area contributed by atoms with Gasteiger partial charge in [0.2, 0.25) is 0 Å². The van der Waals surface area contributed by atoms with Crippen LogP contribution >= 0.6 is 0 Å². The van der Waals surface area contributed by atoms with Crippen LogP contribution in [-0.2, 0) is 13.2 Å². The van der Waals surface area contributed by atoms with Crippen LogP contribution in [0.1, 0.15) is 35.7 Å². The summed E-state index contributed by atoms with van der Waals surface area (Å²) in [4.78, 5) is 4.14. The largest absolute Gasteiger partial charge is 0.483 e. The Hall–Kier alpha value is -1.88. The van der Waals surface area contributed by atoms with Gasteiger partial charge in [0.1, 0.15) is 5.75 Å². The van der Waals surface area contributed by atoms with Gasteiger partial charge in [-0.2, -0.15) is 4.98 Å². The SMILES string of the molecule is Cc1ccc(OCc2nc(C)no2)c(CNC2CC2)c1. The molecule has 5 heteroatoms. The highest BCUT2D eigenvalue weighted by atomic mass is 16.5. The molecule has 1 aromatic heterocycles. The second kappa shape index (κ2) is 5.63. The quantitative estimate of drug-likeness (QED) is 0.876. The van der Waals surface area contributed by atoms with E-state index in [1.54, 1.807) is 6.92 Å². The van der Waals surface area contributed by atoms with Crippen molar-refractivity contribution in [1.82, 2.24) is 15.5 Å². The summed E-state index contributed by atoms with van der Waals surface area (Å²) in [6, 6.07) is 6.89. The number of nitrogens with one attached hydrogen (secondary N) is 1. The van der Waals surface area contributed by atoms with E-state index in [2.05, 4.69) is 34.5 Å². The molecule has 1 aliphatic carbocycles. The van der Waals surface area contributed by atoms with Crippen LogP contribution in [0.15, 0.2) is 22.7 Å². The van der Waals surface area contributed by atoms with Crippen molar-refractivity contribution in [3.05, 3.63) is 41.0 Å². The summed E-state index contributed by atoms with van der Waals surface area (Å²) in [7, 11) is 0. The van der Waals surface area contributed by atoms with Crippen molar-refractivity contribution in [2.24, 2.45) is 0 Å². The Balaban J connectivity index is 1.66. The monoisotopic (exact) mass is 273 g/mol. The minimum Gasteiger partial charge on any atom is -0.483 e. The molecule has 1 aromatic carbocycles. The summed E-state index contributed by atoms with van der Waals surface area (Å²) in [6.07, 6.45) is 2.56. The number of benzene rings is 1. The fourth-order valence-corrected chi connectivity index (χ4v) is 2.07. The van der Waals surface area contributed by atoms with Gasteiger partial charge in [-0.25, -0.2) is 0 Å². The first-order valence-electron chi connectivity index (χ1n) is 6.95. The number of rotatable bonds is 6. The zero-order valence-corrected chi connectivity index (χ0v) is 11.8. The first kappa shape index (κ1) is 13.1. The molecule has 0 atom stereocenters. The Morgan fingerprint density at radius 3 is 2.90 bits per heavy atom. The fourth-order valence-electron chi connectivity index (χ4n) is 2.07. The molecule has 20 heavy (non-hydrogen) atoms. The molecule has 1 aliphatic rings. The second-order valence-electron chi connectivity index (χ2n) is 5.29. The molecule has 1 heterocycles. The van der Waals surface area contributed by atoms with E-state index in [0.717, 1.165) is 12.3 Å². The molecule has 3 rings (SSSR count). The van der Waals surface area contributed by atoms with Gasteiger partial charge in [0.25, 0.3) is 5.89 Å². The van der Waals surface area contributed by atoms with E-state index in [1.807, 2.05) is 6.07 Å². The molecule has 2 aromatic rings. The Kier molecular flexibility index (Phi) is 3.69. The lowest BCUT2D eigenvalue weighted by atomic mass is 10.1. The van der Waals surface area contributed by atoms with E-state index in [9.17, 15) is 0 Å². The van der Waals surface area contributed by atoms with Crippen molar-refractivity contribution in [1.29, 1.82) is 0 Å². The Labute approximate surface area is 118 Å². The Morgan fingerprint density at radius 2 is 2.20 bits per heavy atom. The molecule has 0 saturated heterocycles. The average molecular weight is 273 g/mol. The molecule has 1 N–H and O–H groups in total. The van der Waals surface area contributed by atoms with Gasteiger partial charge in [-0.05, 0) is 32.8 Å². The summed E-state index contributed by atoms with van der Waals surface area (Å²) in [6.45, 7) is 5.03. The summed E-state index contributed by atoms with van der Waals surface area (Å²) in [5, 5.41) is 7.27. The highest BCUT2D eigenvalue weighted by Crippen LogP contribution is 2.24. The fraction of sp³-hybridized carbons (Fsp3) is 0.467. The van der Waals surface area contributed by atoms with E-state index in [0.29, 0.717) is 24.4 Å². The van der Waals surface area contributed by atoms with Crippen LogP contribution in [0.25, 0.3) is 0 Å². The van der Waals surface area contributed by atoms with Crippen molar-refractivity contribution in [2.75, 3.05) is 0 Å². The first-order chi connectivity index (χ1) is 9.70. The third-order valence-electron chi connectivity index (χ3n) is 3.30. The van der Waals surface area contributed by atoms with Crippen LogP contribution in [0.2, 0.25) is 0 Å². The van der Waals surface area contributed by atoms with Crippen LogP contribution in [-0.4, -0.2) is 16.2 Å². The van der Waals surface area contributed by atoms with Crippen LogP contribution in [0.3, 0.4) is 0 Å². The number of aryl methyl sites for hydroxylation is 2. The maximum atomic E-state index is 5.81. The Morgan fingerprint density at radius 1 is 1.35 bits per heavy atom. The summed E-state index contributed by atoms with van der Waals surface area (Å²) in [5.41, 5.74) is 2.41. The number of aromatic nitrogens is 2. The van der Waals surface area contributed by atoms with E-state index in [4.69, 9.17) is 9.26 Å². The van der Waals surface area contributed by atoms with Crippen LogP contribution in [0, 0.1) is 13.8 Å². The second-order valence-corrected chi connectivity index (χ2v) is 5.29. The summed E-state index contributed by atoms with van der Waals surface area (Å²) in [5.74, 6) is 2.01. The predicted molar refractivity (Wildman–Crippen MR) is 74.4 cm³/mol. The zero-order valence-electron chi connectivity index (χ0n) is 11.8. The highest BCUT2D eigenvalue weighted by molar-refractivity contribution is 5.37. The number of ether oxygens (including phenoxy) is 1. The topological polar surface area (TPSA) is 60.2 Å². The lowest BCUT2D eigenvalue weighted by Gasteiger charge is -2.11. The smallest absolute Gasteiger partial charge is 0.264 e. The molecule has 0 aliphatic heterocycles. The average Bonchev–Trinajstić information content (AvgIpc) is 3.17. The summed E-state index contributed by atoms with van der Waals surface area (Å²) < 4.78 is 10.9. The van der Waals surface area contributed by atoms with Gasteiger partial charge in [0.05, 0.1) is 0 Å². The normalized spacial score (nSPS) is 14.5. The zero-order chi connectivity index (χ0) is 13.9. The molecular weight excluding hydrogens is 254 g/mol. The summed E-state index contributed by atoms with van der Waals surface area (Å²) >= 11 is 0. The van der Waals surface area contributed by atoms with Gasteiger partial charge < -0.3 is 14.6 Å². The molecule has 0 radical (unpaired) electrons. The predicted octanol–water partition coefficient (Wildman–Crippen LogP) is 2.52. The van der Waals surface area contributed by atoms with E-state index in [1.165, 1.54) is 24.0 Å². The first-order valence-corrected chi connectivity index (χ1v) is 6.95. The van der Waals surface area contributed by atoms with Gasteiger partial charge in [0, 0.05) is 18.2 Å². The molecule has 5 nitrogen and oxygen atoms in total. The molecule has 0 spiro atoms. The van der Waals surface area contributed by atoms with E-state index in [-0.39, 0.29) is 0 Å². The van der Waals surface area contributed by atoms with E-state index >= 15 is 0 Å². The van der Waals surface area contributed by atoms with Gasteiger partial charge in [-0.15, -0.1) is 0 Å². The maximum Gasteiger partial charge on any atom is 0.264 e. The van der Waals surface area contributed by atoms with E-state index < -0.39 is 0 Å². The lowest BCUT2D eigenvalue weighted by Crippen LogP contribution is -2.16. The molecule has 1 fully saturated rings. The standard InChI is InChI=1S/C15H19N3O2/c1-10-3-6-14(12(7-10)8-16-13-4-5-13)19-9-15-17-11(2)18-20-15/h3,6-7,13,16H,4-5,8-9H2,1-2H3. The van der Waals surface area contributed by atoms with Gasteiger partial charge in [0.15, 0.2) is 12.4 Å². The highest BCUT2D eigenvalue weighted by Gasteiger charge is 2.20. The van der Waals surface area contributed by atoms with Crippen LogP contribution in [0.5, 0.6) is 5.75 Å². The maximum absolute atomic E-state index is 5.81. The minimum atomic E-state index is 0.306. The van der Waals surface area contributed by atoms with Crippen molar-refractivity contribution in [3.63, 3.8) is 0 Å². The van der Waals surface area contributed by atoms with Crippen molar-refractivity contribution < 1.29 is 9.26 Å². The number of nitrogens with zero attached hydrogens (tertiary/aromatic N) is 2. The number of hydrogen-bond donors (Lipinski definition) is 1. The van der Waals surface area contributed by atoms with Gasteiger partial charge in [-0.3, -0.25) is 0 Å². The molecule has 0 bridgehead atoms. The van der Waals surface area contributed by atoms with Crippen LogP contribution in [0.4, 0.5) is 0 Å². The third-order valence-corrected chi connectivity index (χ3v) is 3.30. The molecule has 106 valence electrons. The van der Waals surface area contributed by atoms with Crippen molar-refractivity contribution in [2.45, 2.75) is 45.9 Å². The van der Waals surface area contributed by atoms with Gasteiger partial charge in [-0.1, -0.05) is 22.9 Å². The Bertz CT molecular complexity index is 591. The molecule has 1 saturated carbocycles. The lowest BCUT2D eigenvalue weighted by molar-refractivity contribution is 0.240. The van der Waals surface area contributed by atoms with Crippen molar-refractivity contribution >= 4 is 0 Å². The minimum absolute atomic E-state index is 0.306. The third kappa shape index (κ3) is 3.36. The van der Waals surface area contributed by atoms with Crippen LogP contribution < -0.4 is 10.1 Å². The van der Waals surface area contributed by atoms with Crippen molar-refractivity contribution in [3.8, 4) is 5.75 Å². The van der Waals surface area contributed by atoms with Gasteiger partial charge >= 0.3 is 0 Å².